The lowest BCUT2D eigenvalue weighted by Gasteiger charge is -2.34. The first kappa shape index (κ1) is 27.1. The maximum Gasteiger partial charge on any atom is 0.218 e. The van der Waals surface area contributed by atoms with Crippen LogP contribution in [0.25, 0.3) is 21.5 Å². The van der Waals surface area contributed by atoms with Crippen LogP contribution < -0.4 is 21.5 Å². The number of rotatable bonds is 4. The van der Waals surface area contributed by atoms with E-state index < -0.39 is 0 Å². The van der Waals surface area contributed by atoms with Crippen LogP contribution in [0.5, 0.6) is 0 Å². The fourth-order valence-corrected chi connectivity index (χ4v) is 10.5. The van der Waals surface area contributed by atoms with Crippen LogP contribution in [0.2, 0.25) is 0 Å². The number of aliphatic imine (C=N–C) groups is 2. The van der Waals surface area contributed by atoms with Gasteiger partial charge in [0.15, 0.2) is 0 Å². The highest BCUT2D eigenvalue weighted by molar-refractivity contribution is 6.09. The van der Waals surface area contributed by atoms with Crippen molar-refractivity contribution in [3.63, 3.8) is 0 Å². The molecule has 0 radical (unpaired) electrons. The summed E-state index contributed by atoms with van der Waals surface area (Å²) in [7, 11) is 0. The monoisotopic (exact) mass is 608 g/mol. The number of nitrogens with two attached hydrogens (primary N) is 1. The maximum atomic E-state index is 6.93. The third-order valence-electron chi connectivity index (χ3n) is 12.7. The van der Waals surface area contributed by atoms with E-state index in [0.29, 0.717) is 24.0 Å². The van der Waals surface area contributed by atoms with Gasteiger partial charge >= 0.3 is 0 Å². The third kappa shape index (κ3) is 4.35. The van der Waals surface area contributed by atoms with Crippen molar-refractivity contribution in [3.05, 3.63) is 82.9 Å². The Morgan fingerprint density at radius 2 is 1.33 bits per heavy atom. The summed E-state index contributed by atoms with van der Waals surface area (Å²) in [5.41, 5.74) is 18.3. The molecule has 6 nitrogen and oxygen atoms in total. The zero-order chi connectivity index (χ0) is 30.4. The Morgan fingerprint density at radius 3 is 2.00 bits per heavy atom. The zero-order valence-electron chi connectivity index (χ0n) is 26.6. The quantitative estimate of drug-likeness (QED) is 0.128. The summed E-state index contributed by atoms with van der Waals surface area (Å²) in [5.74, 6) is 4.40. The van der Waals surface area contributed by atoms with Crippen LogP contribution in [0.1, 0.15) is 73.6 Å². The molecule has 4 saturated carbocycles. The van der Waals surface area contributed by atoms with Crippen LogP contribution in [-0.2, 0) is 25.7 Å². The predicted octanol–water partition coefficient (Wildman–Crippen LogP) is 7.47. The average molecular weight is 609 g/mol. The molecule has 4 aromatic rings. The van der Waals surface area contributed by atoms with E-state index in [-0.39, 0.29) is 0 Å². The molecule has 4 bridgehead atoms. The molecule has 0 aliphatic heterocycles. The third-order valence-corrected chi connectivity index (χ3v) is 12.7. The van der Waals surface area contributed by atoms with Gasteiger partial charge in [0.1, 0.15) is 0 Å². The number of hydrogen-bond donors (Lipinski definition) is 3. The summed E-state index contributed by atoms with van der Waals surface area (Å²) in [5, 5.41) is 11.4. The minimum atomic E-state index is 0.357. The smallest absolute Gasteiger partial charge is 0.218 e. The van der Waals surface area contributed by atoms with Gasteiger partial charge in [0.05, 0.1) is 17.4 Å². The van der Waals surface area contributed by atoms with Crippen LogP contribution in [0.4, 0.5) is 11.4 Å². The van der Waals surface area contributed by atoms with Gasteiger partial charge in [-0.3, -0.25) is 5.43 Å². The van der Waals surface area contributed by atoms with Gasteiger partial charge in [-0.05, 0) is 133 Å². The van der Waals surface area contributed by atoms with Crippen molar-refractivity contribution in [2.75, 3.05) is 5.01 Å². The first-order chi connectivity index (χ1) is 22.6. The Kier molecular flexibility index (Phi) is 6.17. The standard InChI is InChI=1S/C40H44N6/c41-39(42-33-17-15-27-13-11-25-3-1-5-31(33)37(25)27)45-46(36-18-16-28-14-12-26-4-2-6-32(36)38(26)28)40(43-34-21-23-7-9-29(34)19-23)44-35-22-24-8-10-30(35)20-24/h1-6,15-18,23-24,29-30,34-35H,7-14,19-22H2,(H,43,44)(H3,41,42,45). The van der Waals surface area contributed by atoms with E-state index in [1.165, 1.54) is 95.2 Å². The molecule has 6 aliphatic rings. The predicted molar refractivity (Wildman–Crippen MR) is 189 cm³/mol. The van der Waals surface area contributed by atoms with Crippen molar-refractivity contribution in [2.45, 2.75) is 89.1 Å². The number of fused-ring (bicyclic) bond motifs is 4. The number of guanidine groups is 2. The van der Waals surface area contributed by atoms with Crippen LogP contribution in [0.3, 0.4) is 0 Å². The summed E-state index contributed by atoms with van der Waals surface area (Å²) in [6.07, 6.45) is 14.9. The van der Waals surface area contributed by atoms with E-state index in [4.69, 9.17) is 15.7 Å². The second kappa shape index (κ2) is 10.5. The van der Waals surface area contributed by atoms with E-state index in [1.54, 1.807) is 0 Å². The largest absolute Gasteiger partial charge is 0.368 e. The van der Waals surface area contributed by atoms with Gasteiger partial charge in [-0.2, -0.15) is 0 Å². The Hall–Kier alpha value is -4.06. The molecule has 0 spiro atoms. The molecule has 4 aromatic carbocycles. The van der Waals surface area contributed by atoms with E-state index in [2.05, 4.69) is 76.4 Å². The summed E-state index contributed by atoms with van der Waals surface area (Å²) >= 11 is 0. The molecule has 4 fully saturated rings. The van der Waals surface area contributed by atoms with Gasteiger partial charge in [-0.15, -0.1) is 0 Å². The SMILES string of the molecule is NC(=Nc1ccc2c3c(cccc13)CC2)NN(C(=NC1CC2CCC1C2)NC1CC2CCC1C2)c1ccc2c3c(cccc13)CC2. The minimum absolute atomic E-state index is 0.357. The lowest BCUT2D eigenvalue weighted by molar-refractivity contribution is 0.383. The molecule has 6 unspecified atom stereocenters. The molecule has 6 heteroatoms. The molecule has 6 aliphatic carbocycles. The highest BCUT2D eigenvalue weighted by Gasteiger charge is 2.43. The Bertz CT molecular complexity index is 1920. The number of anilines is 1. The number of aryl methyl sites for hydroxylation is 4. The van der Waals surface area contributed by atoms with Gasteiger partial charge in [0, 0.05) is 16.8 Å². The Balaban J connectivity index is 1.10. The molecule has 234 valence electrons. The van der Waals surface area contributed by atoms with E-state index in [9.17, 15) is 0 Å². The normalized spacial score (nSPS) is 29.0. The number of nitrogens with zero attached hydrogens (tertiary/aromatic N) is 3. The van der Waals surface area contributed by atoms with E-state index in [0.717, 1.165) is 60.8 Å². The van der Waals surface area contributed by atoms with Crippen LogP contribution in [0, 0.1) is 23.7 Å². The minimum Gasteiger partial charge on any atom is -0.368 e. The second-order valence-electron chi connectivity index (χ2n) is 15.2. The van der Waals surface area contributed by atoms with Crippen molar-refractivity contribution in [3.8, 4) is 0 Å². The molecule has 0 amide bonds. The fraction of sp³-hybridized carbons (Fsp3) is 0.450. The molecule has 0 heterocycles. The van der Waals surface area contributed by atoms with Gasteiger partial charge in [-0.25, -0.2) is 15.0 Å². The van der Waals surface area contributed by atoms with Crippen LogP contribution in [-0.4, -0.2) is 24.0 Å². The van der Waals surface area contributed by atoms with Gasteiger partial charge in [-0.1, -0.05) is 61.4 Å². The lowest BCUT2D eigenvalue weighted by Crippen LogP contribution is -2.57. The fourth-order valence-electron chi connectivity index (χ4n) is 10.5. The summed E-state index contributed by atoms with van der Waals surface area (Å²) in [4.78, 5) is 10.7. The molecule has 46 heavy (non-hydrogen) atoms. The van der Waals surface area contributed by atoms with Crippen molar-refractivity contribution < 1.29 is 0 Å². The summed E-state index contributed by atoms with van der Waals surface area (Å²) < 4.78 is 0. The topological polar surface area (TPSA) is 78.0 Å². The van der Waals surface area contributed by atoms with Crippen LogP contribution in [0.15, 0.2) is 70.6 Å². The number of benzene rings is 4. The average Bonchev–Trinajstić information content (AvgIpc) is 3.93. The van der Waals surface area contributed by atoms with Crippen LogP contribution >= 0.6 is 0 Å². The van der Waals surface area contributed by atoms with E-state index in [1.807, 2.05) is 0 Å². The number of nitrogens with one attached hydrogen (secondary N) is 2. The molecule has 4 N–H and O–H groups in total. The molecule has 0 aromatic heterocycles. The number of hydrazine groups is 1. The lowest BCUT2D eigenvalue weighted by atomic mass is 9.95. The van der Waals surface area contributed by atoms with Crippen molar-refractivity contribution in [2.24, 2.45) is 39.4 Å². The van der Waals surface area contributed by atoms with E-state index >= 15 is 0 Å². The highest BCUT2D eigenvalue weighted by Crippen LogP contribution is 2.47. The number of hydrogen-bond acceptors (Lipinski definition) is 2. The molecule has 0 saturated heterocycles. The maximum absolute atomic E-state index is 6.93. The van der Waals surface area contributed by atoms with Gasteiger partial charge in [0.25, 0.3) is 0 Å². The van der Waals surface area contributed by atoms with Crippen molar-refractivity contribution in [1.29, 1.82) is 0 Å². The Labute approximate surface area is 271 Å². The summed E-state index contributed by atoms with van der Waals surface area (Å²) in [6.45, 7) is 0. The van der Waals surface area contributed by atoms with Gasteiger partial charge < -0.3 is 11.1 Å². The van der Waals surface area contributed by atoms with Crippen molar-refractivity contribution in [1.82, 2.24) is 10.7 Å². The first-order valence-corrected chi connectivity index (χ1v) is 18.0. The first-order valence-electron chi connectivity index (χ1n) is 18.0. The van der Waals surface area contributed by atoms with Gasteiger partial charge in [0.2, 0.25) is 11.9 Å². The Morgan fingerprint density at radius 1 is 0.674 bits per heavy atom. The highest BCUT2D eigenvalue weighted by atomic mass is 15.6. The molecule has 10 rings (SSSR count). The zero-order valence-corrected chi connectivity index (χ0v) is 26.6. The summed E-state index contributed by atoms with van der Waals surface area (Å²) in [6, 6.07) is 23.2. The van der Waals surface area contributed by atoms with Crippen molar-refractivity contribution >= 4 is 44.8 Å². The molecule has 6 atom stereocenters. The molecular weight excluding hydrogens is 564 g/mol. The second-order valence-corrected chi connectivity index (χ2v) is 15.2. The molecular formula is C40H44N6.